The number of hydrogen-bond donors (Lipinski definition) is 0. The van der Waals surface area contributed by atoms with Gasteiger partial charge in [-0.1, -0.05) is 11.6 Å². The van der Waals surface area contributed by atoms with Gasteiger partial charge in [0, 0.05) is 19.0 Å². The Labute approximate surface area is 120 Å². The Morgan fingerprint density at radius 2 is 1.94 bits per heavy atom. The molecule has 18 heavy (non-hydrogen) atoms. The molecule has 0 atom stereocenters. The first-order chi connectivity index (χ1) is 8.41. The fourth-order valence-electron chi connectivity index (χ4n) is 1.89. The van der Waals surface area contributed by atoms with Crippen molar-refractivity contribution in [1.29, 1.82) is 0 Å². The van der Waals surface area contributed by atoms with E-state index in [0.717, 1.165) is 11.3 Å². The van der Waals surface area contributed by atoms with Gasteiger partial charge >= 0.3 is 0 Å². The van der Waals surface area contributed by atoms with Crippen LogP contribution in [0.5, 0.6) is 0 Å². The molecule has 4 nitrogen and oxygen atoms in total. The van der Waals surface area contributed by atoms with Crippen molar-refractivity contribution in [3.63, 3.8) is 0 Å². The molecule has 2 heterocycles. The van der Waals surface area contributed by atoms with E-state index in [2.05, 4.69) is 0 Å². The van der Waals surface area contributed by atoms with E-state index in [-0.39, 0.29) is 15.4 Å². The van der Waals surface area contributed by atoms with Crippen LogP contribution in [0, 0.1) is 5.92 Å². The fraction of sp³-hybridized carbons (Fsp3) is 0.500. The molecule has 0 amide bonds. The zero-order valence-electron chi connectivity index (χ0n) is 9.30. The van der Waals surface area contributed by atoms with Gasteiger partial charge in [-0.15, -0.1) is 11.3 Å². The molecule has 0 aliphatic carbocycles. The maximum Gasteiger partial charge on any atom is 0.252 e. The molecule has 0 bridgehead atoms. The standard InChI is InChI=1S/C10H11Cl2NO3S2/c11-8-1-2-9(17-8)18(15,16)13-5-3-7(4-6-13)10(12)14/h1-2,7H,3-6H2. The summed E-state index contributed by atoms with van der Waals surface area (Å²) in [5.74, 6) is -0.231. The average Bonchev–Trinajstić information content (AvgIpc) is 2.76. The molecular weight excluding hydrogens is 317 g/mol. The summed E-state index contributed by atoms with van der Waals surface area (Å²) in [7, 11) is -3.48. The molecule has 2 rings (SSSR count). The van der Waals surface area contributed by atoms with Crippen molar-refractivity contribution in [1.82, 2.24) is 4.31 Å². The summed E-state index contributed by atoms with van der Waals surface area (Å²) in [5.41, 5.74) is 0. The number of rotatable bonds is 3. The van der Waals surface area contributed by atoms with Gasteiger partial charge in [0.2, 0.25) is 5.24 Å². The SMILES string of the molecule is O=C(Cl)C1CCN(S(=O)(=O)c2ccc(Cl)s2)CC1. The minimum atomic E-state index is -3.48. The molecule has 0 aromatic carbocycles. The molecule has 1 aromatic rings. The molecule has 1 fully saturated rings. The van der Waals surface area contributed by atoms with E-state index in [4.69, 9.17) is 23.2 Å². The summed E-state index contributed by atoms with van der Waals surface area (Å²) >= 11 is 12.2. The number of thiophene rings is 1. The van der Waals surface area contributed by atoms with Crippen LogP contribution < -0.4 is 0 Å². The van der Waals surface area contributed by atoms with Gasteiger partial charge in [-0.2, -0.15) is 4.31 Å². The molecular formula is C10H11Cl2NO3S2. The number of nitrogens with zero attached hydrogens (tertiary/aromatic N) is 1. The summed E-state index contributed by atoms with van der Waals surface area (Å²) in [6, 6.07) is 3.06. The smallest absolute Gasteiger partial charge is 0.252 e. The number of hydrogen-bond acceptors (Lipinski definition) is 4. The van der Waals surface area contributed by atoms with Gasteiger partial charge in [-0.25, -0.2) is 8.42 Å². The second kappa shape index (κ2) is 5.46. The minimum Gasteiger partial charge on any atom is -0.281 e. The first-order valence-electron chi connectivity index (χ1n) is 5.36. The average molecular weight is 328 g/mol. The Morgan fingerprint density at radius 1 is 1.33 bits per heavy atom. The Balaban J connectivity index is 2.12. The van der Waals surface area contributed by atoms with Crippen molar-refractivity contribution < 1.29 is 13.2 Å². The maximum absolute atomic E-state index is 12.2. The summed E-state index contributed by atoms with van der Waals surface area (Å²) in [5, 5.41) is -0.383. The van der Waals surface area contributed by atoms with Gasteiger partial charge in [0.1, 0.15) is 4.21 Å². The number of sulfonamides is 1. The second-order valence-electron chi connectivity index (χ2n) is 4.04. The van der Waals surface area contributed by atoms with Crippen LogP contribution in [0.2, 0.25) is 4.34 Å². The van der Waals surface area contributed by atoms with E-state index in [0.29, 0.717) is 30.3 Å². The van der Waals surface area contributed by atoms with Crippen molar-refractivity contribution in [2.75, 3.05) is 13.1 Å². The van der Waals surface area contributed by atoms with Crippen LogP contribution >= 0.6 is 34.5 Å². The lowest BCUT2D eigenvalue weighted by Gasteiger charge is -2.28. The van der Waals surface area contributed by atoms with Crippen LogP contribution in [0.25, 0.3) is 0 Å². The van der Waals surface area contributed by atoms with Gasteiger partial charge in [0.05, 0.1) is 4.34 Å². The molecule has 1 saturated heterocycles. The van der Waals surface area contributed by atoms with Crippen molar-refractivity contribution in [3.05, 3.63) is 16.5 Å². The normalized spacial score (nSPS) is 19.0. The third-order valence-electron chi connectivity index (χ3n) is 2.92. The number of piperidine rings is 1. The number of carbonyl (C=O) groups excluding carboxylic acids is 1. The highest BCUT2D eigenvalue weighted by Crippen LogP contribution is 2.30. The molecule has 8 heteroatoms. The Morgan fingerprint density at radius 3 is 2.39 bits per heavy atom. The lowest BCUT2D eigenvalue weighted by atomic mass is 10.00. The van der Waals surface area contributed by atoms with Crippen LogP contribution in [0.4, 0.5) is 0 Å². The first-order valence-corrected chi connectivity index (χ1v) is 8.37. The Kier molecular flexibility index (Phi) is 4.33. The molecule has 0 spiro atoms. The van der Waals surface area contributed by atoms with Gasteiger partial charge < -0.3 is 0 Å². The van der Waals surface area contributed by atoms with Crippen molar-refractivity contribution in [3.8, 4) is 0 Å². The van der Waals surface area contributed by atoms with Crippen LogP contribution in [-0.4, -0.2) is 31.1 Å². The summed E-state index contributed by atoms with van der Waals surface area (Å²) in [4.78, 5) is 11.0. The van der Waals surface area contributed by atoms with Gasteiger partial charge in [0.25, 0.3) is 10.0 Å². The highest BCUT2D eigenvalue weighted by molar-refractivity contribution is 7.91. The molecule has 0 saturated carbocycles. The molecule has 1 aliphatic rings. The van der Waals surface area contributed by atoms with E-state index in [1.807, 2.05) is 0 Å². The van der Waals surface area contributed by atoms with Crippen LogP contribution in [0.1, 0.15) is 12.8 Å². The molecule has 1 aromatic heterocycles. The lowest BCUT2D eigenvalue weighted by molar-refractivity contribution is -0.116. The zero-order valence-corrected chi connectivity index (χ0v) is 12.4. The van der Waals surface area contributed by atoms with Crippen LogP contribution in [0.3, 0.4) is 0 Å². The number of halogens is 2. The third-order valence-corrected chi connectivity index (χ3v) is 6.82. The topological polar surface area (TPSA) is 54.5 Å². The van der Waals surface area contributed by atoms with Crippen LogP contribution in [0.15, 0.2) is 16.3 Å². The maximum atomic E-state index is 12.2. The summed E-state index contributed by atoms with van der Waals surface area (Å²) < 4.78 is 26.5. The van der Waals surface area contributed by atoms with Crippen molar-refractivity contribution in [2.45, 2.75) is 17.1 Å². The minimum absolute atomic E-state index is 0.231. The Bertz CT molecular complexity index is 547. The second-order valence-corrected chi connectivity index (χ2v) is 8.29. The summed E-state index contributed by atoms with van der Waals surface area (Å²) in [6.07, 6.45) is 0.946. The number of carbonyl (C=O) groups is 1. The Hall–Kier alpha value is -0.140. The molecule has 1 aliphatic heterocycles. The molecule has 0 N–H and O–H groups in total. The van der Waals surface area contributed by atoms with Gasteiger partial charge in [0.15, 0.2) is 0 Å². The highest BCUT2D eigenvalue weighted by Gasteiger charge is 2.32. The van der Waals surface area contributed by atoms with E-state index in [1.165, 1.54) is 10.4 Å². The van der Waals surface area contributed by atoms with E-state index >= 15 is 0 Å². The van der Waals surface area contributed by atoms with Gasteiger partial charge in [-0.3, -0.25) is 4.79 Å². The van der Waals surface area contributed by atoms with Crippen LogP contribution in [-0.2, 0) is 14.8 Å². The van der Waals surface area contributed by atoms with Crippen molar-refractivity contribution in [2.24, 2.45) is 5.92 Å². The van der Waals surface area contributed by atoms with E-state index in [9.17, 15) is 13.2 Å². The predicted molar refractivity (Wildman–Crippen MR) is 71.7 cm³/mol. The highest BCUT2D eigenvalue weighted by atomic mass is 35.5. The predicted octanol–water partition coefficient (Wildman–Crippen LogP) is 2.57. The zero-order chi connectivity index (χ0) is 13.3. The molecule has 100 valence electrons. The van der Waals surface area contributed by atoms with E-state index in [1.54, 1.807) is 6.07 Å². The quantitative estimate of drug-likeness (QED) is 0.802. The molecule has 0 radical (unpaired) electrons. The lowest BCUT2D eigenvalue weighted by Crippen LogP contribution is -2.39. The monoisotopic (exact) mass is 327 g/mol. The van der Waals surface area contributed by atoms with Gasteiger partial charge in [-0.05, 0) is 36.6 Å². The van der Waals surface area contributed by atoms with Crippen molar-refractivity contribution >= 4 is 49.8 Å². The first kappa shape index (κ1) is 14.3. The summed E-state index contributed by atoms with van der Waals surface area (Å²) in [6.45, 7) is 0.641. The largest absolute Gasteiger partial charge is 0.281 e. The fourth-order valence-corrected chi connectivity index (χ4v) is 5.21. The molecule has 0 unspecified atom stereocenters. The third kappa shape index (κ3) is 2.88. The van der Waals surface area contributed by atoms with E-state index < -0.39 is 10.0 Å².